The summed E-state index contributed by atoms with van der Waals surface area (Å²) in [4.78, 5) is 16.1. The van der Waals surface area contributed by atoms with Gasteiger partial charge in [-0.1, -0.05) is 0 Å². The van der Waals surface area contributed by atoms with Crippen LogP contribution in [0.1, 0.15) is 11.4 Å². The fourth-order valence-corrected chi connectivity index (χ4v) is 2.85. The summed E-state index contributed by atoms with van der Waals surface area (Å²) in [5.74, 6) is 0.0693. The average molecular weight is 371 g/mol. The number of halogens is 3. The normalized spacial score (nSPS) is 11.9. The minimum atomic E-state index is -4.58. The van der Waals surface area contributed by atoms with Crippen LogP contribution in [-0.2, 0) is 6.18 Å². The number of aryl methyl sites for hydroxylation is 1. The summed E-state index contributed by atoms with van der Waals surface area (Å²) in [7, 11) is 0. The van der Waals surface area contributed by atoms with Crippen LogP contribution in [0.4, 0.5) is 19.1 Å². The molecule has 0 saturated heterocycles. The third-order valence-corrected chi connectivity index (χ3v) is 3.94. The molecule has 4 aromatic heterocycles. The molecule has 0 aliphatic carbocycles. The monoisotopic (exact) mass is 371 g/mol. The first-order valence-corrected chi connectivity index (χ1v) is 7.80. The first kappa shape index (κ1) is 16.9. The lowest BCUT2D eigenvalue weighted by Crippen LogP contribution is -2.10. The number of pyridine rings is 2. The Balaban J connectivity index is 2.09. The van der Waals surface area contributed by atoms with Gasteiger partial charge < -0.3 is 5.73 Å². The number of nitrogens with two attached hydrogens (primary N) is 1. The molecule has 0 atom stereocenters. The lowest BCUT2D eigenvalue weighted by molar-refractivity contribution is -0.141. The van der Waals surface area contributed by atoms with Crippen molar-refractivity contribution in [2.24, 2.45) is 0 Å². The highest BCUT2D eigenvalue weighted by atomic mass is 19.4. The van der Waals surface area contributed by atoms with Crippen LogP contribution in [0.15, 0.2) is 43.0 Å². The maximum Gasteiger partial charge on any atom is 0.433 e. The summed E-state index contributed by atoms with van der Waals surface area (Å²) in [6, 6.07) is 5.90. The SMILES string of the molecule is Cc1cc(-c2c(-c3ccncc3)nc(N)n3ncnc23)cc(C(F)(F)F)n1. The van der Waals surface area contributed by atoms with E-state index in [1.54, 1.807) is 30.6 Å². The molecule has 4 aromatic rings. The molecule has 27 heavy (non-hydrogen) atoms. The van der Waals surface area contributed by atoms with E-state index in [2.05, 4.69) is 25.0 Å². The molecule has 0 spiro atoms. The van der Waals surface area contributed by atoms with Gasteiger partial charge in [0, 0.05) is 23.7 Å². The Morgan fingerprint density at radius 1 is 1.04 bits per heavy atom. The molecule has 0 saturated carbocycles. The Hall–Kier alpha value is -3.56. The Morgan fingerprint density at radius 2 is 1.78 bits per heavy atom. The second-order valence-corrected chi connectivity index (χ2v) is 5.81. The van der Waals surface area contributed by atoms with Gasteiger partial charge in [0.25, 0.3) is 0 Å². The van der Waals surface area contributed by atoms with Crippen LogP contribution in [0.25, 0.3) is 28.0 Å². The molecular formula is C17H12F3N7. The number of fused-ring (bicyclic) bond motifs is 1. The maximum absolute atomic E-state index is 13.3. The highest BCUT2D eigenvalue weighted by Crippen LogP contribution is 2.37. The highest BCUT2D eigenvalue weighted by Gasteiger charge is 2.33. The molecule has 0 bridgehead atoms. The van der Waals surface area contributed by atoms with Crippen molar-refractivity contribution >= 4 is 11.6 Å². The van der Waals surface area contributed by atoms with Crippen molar-refractivity contribution in [3.05, 3.63) is 54.4 Å². The molecule has 0 aliphatic rings. The third-order valence-electron chi connectivity index (χ3n) is 3.94. The number of rotatable bonds is 2. The van der Waals surface area contributed by atoms with Crippen molar-refractivity contribution in [3.8, 4) is 22.4 Å². The standard InChI is InChI=1S/C17H12F3N7/c1-9-6-11(7-12(25-9)17(18,19)20)13-14(10-2-4-22-5-3-10)26-16(21)27-15(13)23-8-24-27/h2-8H,1H3,(H2,21,26). The number of alkyl halides is 3. The molecule has 10 heteroatoms. The molecule has 4 heterocycles. The fourth-order valence-electron chi connectivity index (χ4n) is 2.85. The minimum Gasteiger partial charge on any atom is -0.368 e. The topological polar surface area (TPSA) is 94.9 Å². The summed E-state index contributed by atoms with van der Waals surface area (Å²) in [5, 5.41) is 4.00. The minimum absolute atomic E-state index is 0.0693. The second kappa shape index (κ2) is 6.01. The summed E-state index contributed by atoms with van der Waals surface area (Å²) in [6.45, 7) is 1.50. The molecule has 136 valence electrons. The summed E-state index contributed by atoms with van der Waals surface area (Å²) < 4.78 is 41.1. The van der Waals surface area contributed by atoms with Gasteiger partial charge in [0.05, 0.1) is 11.3 Å². The van der Waals surface area contributed by atoms with E-state index in [1.165, 1.54) is 17.8 Å². The zero-order valence-corrected chi connectivity index (χ0v) is 13.9. The molecule has 0 unspecified atom stereocenters. The van der Waals surface area contributed by atoms with Gasteiger partial charge in [-0.3, -0.25) is 4.98 Å². The van der Waals surface area contributed by atoms with E-state index < -0.39 is 11.9 Å². The van der Waals surface area contributed by atoms with Gasteiger partial charge >= 0.3 is 6.18 Å². The van der Waals surface area contributed by atoms with Gasteiger partial charge in [-0.05, 0) is 36.8 Å². The van der Waals surface area contributed by atoms with E-state index in [0.29, 0.717) is 22.5 Å². The van der Waals surface area contributed by atoms with Crippen LogP contribution < -0.4 is 5.73 Å². The number of hydrogen-bond acceptors (Lipinski definition) is 6. The smallest absolute Gasteiger partial charge is 0.368 e. The number of aromatic nitrogens is 6. The largest absolute Gasteiger partial charge is 0.433 e. The Morgan fingerprint density at radius 3 is 2.48 bits per heavy atom. The van der Waals surface area contributed by atoms with Crippen LogP contribution in [0.3, 0.4) is 0 Å². The van der Waals surface area contributed by atoms with Crippen molar-refractivity contribution in [1.29, 1.82) is 0 Å². The molecule has 0 aromatic carbocycles. The van der Waals surface area contributed by atoms with Crippen LogP contribution in [0.2, 0.25) is 0 Å². The molecule has 0 fully saturated rings. The molecule has 0 radical (unpaired) electrons. The zero-order chi connectivity index (χ0) is 19.2. The quantitative estimate of drug-likeness (QED) is 0.582. The Kier molecular flexibility index (Phi) is 3.76. The highest BCUT2D eigenvalue weighted by molar-refractivity contribution is 5.90. The van der Waals surface area contributed by atoms with Crippen molar-refractivity contribution in [2.75, 3.05) is 5.73 Å². The van der Waals surface area contributed by atoms with Gasteiger partial charge in [-0.15, -0.1) is 0 Å². The second-order valence-electron chi connectivity index (χ2n) is 5.81. The van der Waals surface area contributed by atoms with Crippen LogP contribution in [0, 0.1) is 6.92 Å². The lowest BCUT2D eigenvalue weighted by atomic mass is 10.00. The van der Waals surface area contributed by atoms with E-state index in [4.69, 9.17) is 5.73 Å². The van der Waals surface area contributed by atoms with E-state index in [0.717, 1.165) is 6.07 Å². The molecule has 0 amide bonds. The van der Waals surface area contributed by atoms with Gasteiger partial charge in [0.2, 0.25) is 5.95 Å². The van der Waals surface area contributed by atoms with E-state index in [-0.39, 0.29) is 17.2 Å². The van der Waals surface area contributed by atoms with Crippen molar-refractivity contribution in [3.63, 3.8) is 0 Å². The number of nitrogen functional groups attached to an aromatic ring is 1. The van der Waals surface area contributed by atoms with Crippen molar-refractivity contribution in [2.45, 2.75) is 13.1 Å². The lowest BCUT2D eigenvalue weighted by Gasteiger charge is -2.14. The van der Waals surface area contributed by atoms with Gasteiger partial charge in [-0.2, -0.15) is 22.8 Å². The molecule has 4 rings (SSSR count). The van der Waals surface area contributed by atoms with E-state index in [1.807, 2.05) is 0 Å². The third kappa shape index (κ3) is 2.94. The molecule has 0 aliphatic heterocycles. The Bertz CT molecular complexity index is 1140. The van der Waals surface area contributed by atoms with Gasteiger partial charge in [-0.25, -0.2) is 15.0 Å². The summed E-state index contributed by atoms with van der Waals surface area (Å²) in [6.07, 6.45) is -0.192. The zero-order valence-electron chi connectivity index (χ0n) is 13.9. The maximum atomic E-state index is 13.3. The van der Waals surface area contributed by atoms with Crippen LogP contribution >= 0.6 is 0 Å². The number of hydrogen-bond donors (Lipinski definition) is 1. The van der Waals surface area contributed by atoms with Crippen LogP contribution in [-0.4, -0.2) is 29.5 Å². The first-order chi connectivity index (χ1) is 12.8. The van der Waals surface area contributed by atoms with Gasteiger partial charge in [0.15, 0.2) is 5.65 Å². The molecule has 7 nitrogen and oxygen atoms in total. The predicted octanol–water partition coefficient (Wildman–Crippen LogP) is 3.16. The number of anilines is 1. The predicted molar refractivity (Wildman–Crippen MR) is 91.4 cm³/mol. The summed E-state index contributed by atoms with van der Waals surface area (Å²) >= 11 is 0. The molecular weight excluding hydrogens is 359 g/mol. The first-order valence-electron chi connectivity index (χ1n) is 7.80. The van der Waals surface area contributed by atoms with Crippen molar-refractivity contribution < 1.29 is 13.2 Å². The van der Waals surface area contributed by atoms with Crippen molar-refractivity contribution in [1.82, 2.24) is 29.5 Å². The Labute approximate surface area is 150 Å². The van der Waals surface area contributed by atoms with E-state index in [9.17, 15) is 13.2 Å². The van der Waals surface area contributed by atoms with Gasteiger partial charge in [0.1, 0.15) is 12.0 Å². The van der Waals surface area contributed by atoms with E-state index >= 15 is 0 Å². The molecule has 2 N–H and O–H groups in total. The average Bonchev–Trinajstić information content (AvgIpc) is 3.11. The number of nitrogens with zero attached hydrogens (tertiary/aromatic N) is 6. The van der Waals surface area contributed by atoms with Crippen LogP contribution in [0.5, 0.6) is 0 Å². The summed E-state index contributed by atoms with van der Waals surface area (Å²) in [5.41, 5.74) is 7.15. The fraction of sp³-hybridized carbons (Fsp3) is 0.118.